The van der Waals surface area contributed by atoms with Crippen molar-refractivity contribution in [2.45, 2.75) is 39.4 Å². The van der Waals surface area contributed by atoms with Gasteiger partial charge in [-0.25, -0.2) is 4.39 Å². The first-order chi connectivity index (χ1) is 9.35. The Labute approximate surface area is 123 Å². The third-order valence-corrected chi connectivity index (χ3v) is 3.23. The van der Waals surface area contributed by atoms with Crippen LogP contribution in [0.1, 0.15) is 32.0 Å². The predicted molar refractivity (Wildman–Crippen MR) is 79.3 cm³/mol. The summed E-state index contributed by atoms with van der Waals surface area (Å²) in [6.45, 7) is 7.59. The van der Waals surface area contributed by atoms with Crippen molar-refractivity contribution >= 4 is 11.6 Å². The molecule has 108 valence electrons. The fraction of sp³-hybridized carbons (Fsp3) is 0.400. The quantitative estimate of drug-likeness (QED) is 0.934. The molecule has 1 aromatic carbocycles. The highest BCUT2D eigenvalue weighted by Gasteiger charge is 2.11. The van der Waals surface area contributed by atoms with Crippen LogP contribution in [-0.4, -0.2) is 15.3 Å². The van der Waals surface area contributed by atoms with Gasteiger partial charge in [0.05, 0.1) is 17.3 Å². The lowest BCUT2D eigenvalue weighted by Gasteiger charge is -2.20. The second-order valence-electron chi connectivity index (χ2n) is 5.83. The second-order valence-corrected chi connectivity index (χ2v) is 6.24. The van der Waals surface area contributed by atoms with E-state index in [4.69, 9.17) is 11.6 Å². The molecule has 0 unspecified atom stereocenters. The molecule has 5 heteroatoms. The highest BCUT2D eigenvalue weighted by atomic mass is 35.5. The summed E-state index contributed by atoms with van der Waals surface area (Å²) >= 11 is 5.69. The monoisotopic (exact) mass is 295 g/mol. The maximum Gasteiger partial charge on any atom is 0.142 e. The molecule has 0 radical (unpaired) electrons. The third-order valence-electron chi connectivity index (χ3n) is 2.92. The van der Waals surface area contributed by atoms with Gasteiger partial charge in [-0.05, 0) is 44.5 Å². The van der Waals surface area contributed by atoms with Gasteiger partial charge < -0.3 is 5.32 Å². The summed E-state index contributed by atoms with van der Waals surface area (Å²) in [6.07, 6.45) is 1.76. The van der Waals surface area contributed by atoms with Gasteiger partial charge in [0.25, 0.3) is 0 Å². The highest BCUT2D eigenvalue weighted by Crippen LogP contribution is 2.16. The van der Waals surface area contributed by atoms with E-state index in [-0.39, 0.29) is 10.6 Å². The topological polar surface area (TPSA) is 29.9 Å². The Morgan fingerprint density at radius 1 is 1.30 bits per heavy atom. The maximum absolute atomic E-state index is 13.4. The minimum Gasteiger partial charge on any atom is -0.306 e. The van der Waals surface area contributed by atoms with E-state index in [2.05, 4.69) is 31.2 Å². The van der Waals surface area contributed by atoms with Crippen molar-refractivity contribution in [2.24, 2.45) is 0 Å². The zero-order valence-corrected chi connectivity index (χ0v) is 12.7. The lowest BCUT2D eigenvalue weighted by atomic mass is 10.1. The van der Waals surface area contributed by atoms with Gasteiger partial charge in [0.2, 0.25) is 0 Å². The Balaban J connectivity index is 2.10. The first-order valence-corrected chi connectivity index (χ1v) is 6.92. The Morgan fingerprint density at radius 2 is 2.05 bits per heavy atom. The molecule has 1 aromatic heterocycles. The van der Waals surface area contributed by atoms with Crippen molar-refractivity contribution in [3.05, 3.63) is 52.6 Å². The van der Waals surface area contributed by atoms with E-state index in [1.54, 1.807) is 12.3 Å². The molecule has 0 bridgehead atoms. The molecular formula is C15H19ClFN3. The van der Waals surface area contributed by atoms with Crippen LogP contribution in [0.15, 0.2) is 30.5 Å². The molecule has 0 aliphatic carbocycles. The lowest BCUT2D eigenvalue weighted by molar-refractivity contribution is 0.414. The molecule has 1 N–H and O–H groups in total. The van der Waals surface area contributed by atoms with E-state index in [9.17, 15) is 4.39 Å². The van der Waals surface area contributed by atoms with Crippen LogP contribution in [0.4, 0.5) is 4.39 Å². The number of halogens is 2. The number of nitrogens with one attached hydrogen (secondary N) is 1. The normalized spacial score (nSPS) is 11.8. The average Bonchev–Trinajstić information content (AvgIpc) is 2.78. The van der Waals surface area contributed by atoms with Gasteiger partial charge in [-0.3, -0.25) is 4.68 Å². The summed E-state index contributed by atoms with van der Waals surface area (Å²) in [7, 11) is 0. The number of benzene rings is 1. The molecule has 0 fully saturated rings. The molecule has 0 saturated carbocycles. The number of aromatic nitrogens is 2. The molecule has 0 aliphatic heterocycles. The van der Waals surface area contributed by atoms with Crippen molar-refractivity contribution in [3.8, 4) is 0 Å². The van der Waals surface area contributed by atoms with Crippen LogP contribution in [0.2, 0.25) is 5.02 Å². The van der Waals surface area contributed by atoms with Gasteiger partial charge in [0.1, 0.15) is 5.82 Å². The Hall–Kier alpha value is -1.39. The van der Waals surface area contributed by atoms with Gasteiger partial charge in [0, 0.05) is 18.3 Å². The zero-order valence-electron chi connectivity index (χ0n) is 12.0. The smallest absolute Gasteiger partial charge is 0.142 e. The molecule has 2 aromatic rings. The molecule has 0 saturated heterocycles. The van der Waals surface area contributed by atoms with Gasteiger partial charge in [-0.15, -0.1) is 0 Å². The Morgan fingerprint density at radius 3 is 2.70 bits per heavy atom. The molecule has 0 amide bonds. The minimum atomic E-state index is -0.398. The summed E-state index contributed by atoms with van der Waals surface area (Å²) in [5.41, 5.74) is 1.95. The summed E-state index contributed by atoms with van der Waals surface area (Å²) in [5, 5.41) is 7.84. The minimum absolute atomic E-state index is 0.0431. The van der Waals surface area contributed by atoms with Crippen LogP contribution in [0, 0.1) is 5.82 Å². The maximum atomic E-state index is 13.4. The molecule has 0 atom stereocenters. The summed E-state index contributed by atoms with van der Waals surface area (Å²) in [5.74, 6) is -0.398. The van der Waals surface area contributed by atoms with E-state index in [1.165, 1.54) is 6.07 Å². The summed E-state index contributed by atoms with van der Waals surface area (Å²) in [4.78, 5) is 0. The Kier molecular flexibility index (Phi) is 4.45. The van der Waals surface area contributed by atoms with Crippen LogP contribution in [-0.2, 0) is 13.1 Å². The van der Waals surface area contributed by atoms with Crippen LogP contribution in [0.3, 0.4) is 0 Å². The van der Waals surface area contributed by atoms with E-state index in [1.807, 2.05) is 16.8 Å². The van der Waals surface area contributed by atoms with Gasteiger partial charge in [-0.2, -0.15) is 5.10 Å². The average molecular weight is 296 g/mol. The summed E-state index contributed by atoms with van der Waals surface area (Å²) in [6, 6.07) is 6.80. The van der Waals surface area contributed by atoms with Crippen molar-refractivity contribution in [3.63, 3.8) is 0 Å². The van der Waals surface area contributed by atoms with Crippen molar-refractivity contribution in [2.75, 3.05) is 0 Å². The van der Waals surface area contributed by atoms with Crippen molar-refractivity contribution in [1.82, 2.24) is 15.1 Å². The molecule has 3 nitrogen and oxygen atoms in total. The van der Waals surface area contributed by atoms with Crippen molar-refractivity contribution < 1.29 is 4.39 Å². The fourth-order valence-electron chi connectivity index (χ4n) is 1.82. The van der Waals surface area contributed by atoms with Crippen LogP contribution < -0.4 is 5.32 Å². The van der Waals surface area contributed by atoms with Crippen LogP contribution in [0.5, 0.6) is 0 Å². The largest absolute Gasteiger partial charge is 0.306 e. The highest BCUT2D eigenvalue weighted by molar-refractivity contribution is 6.30. The Bertz CT molecular complexity index is 587. The van der Waals surface area contributed by atoms with Gasteiger partial charge in [0.15, 0.2) is 0 Å². The summed E-state index contributed by atoms with van der Waals surface area (Å²) < 4.78 is 15.3. The number of rotatable bonds is 4. The second kappa shape index (κ2) is 5.94. The van der Waals surface area contributed by atoms with E-state index in [0.29, 0.717) is 6.54 Å². The van der Waals surface area contributed by atoms with E-state index < -0.39 is 5.82 Å². The molecule has 1 heterocycles. The predicted octanol–water partition coefficient (Wildman–Crippen LogP) is 3.61. The number of hydrogen-bond donors (Lipinski definition) is 1. The van der Waals surface area contributed by atoms with E-state index in [0.717, 1.165) is 17.8 Å². The lowest BCUT2D eigenvalue weighted by Crippen LogP contribution is -2.35. The SMILES string of the molecule is CC(C)(C)NCc1ccnn1Cc1ccc(Cl)c(F)c1. The zero-order chi connectivity index (χ0) is 14.8. The van der Waals surface area contributed by atoms with Crippen molar-refractivity contribution in [1.29, 1.82) is 0 Å². The van der Waals surface area contributed by atoms with Crippen LogP contribution in [0.25, 0.3) is 0 Å². The van der Waals surface area contributed by atoms with Crippen LogP contribution >= 0.6 is 11.6 Å². The van der Waals surface area contributed by atoms with Gasteiger partial charge >= 0.3 is 0 Å². The molecular weight excluding hydrogens is 277 g/mol. The fourth-order valence-corrected chi connectivity index (χ4v) is 1.94. The molecule has 20 heavy (non-hydrogen) atoms. The molecule has 0 spiro atoms. The standard InChI is InChI=1S/C15H19ClFN3/c1-15(2,3)18-9-12-6-7-19-20(12)10-11-4-5-13(16)14(17)8-11/h4-8,18H,9-10H2,1-3H3. The first kappa shape index (κ1) is 15.0. The van der Waals surface area contributed by atoms with E-state index >= 15 is 0 Å². The molecule has 2 rings (SSSR count). The third kappa shape index (κ3) is 4.05. The first-order valence-electron chi connectivity index (χ1n) is 6.55. The number of nitrogens with zero attached hydrogens (tertiary/aromatic N) is 2. The van der Waals surface area contributed by atoms with Gasteiger partial charge in [-0.1, -0.05) is 17.7 Å². The molecule has 0 aliphatic rings. The number of hydrogen-bond acceptors (Lipinski definition) is 2.